The number of hydrogen-bond acceptors (Lipinski definition) is 4. The molecule has 0 aliphatic rings. The molecule has 0 aliphatic heterocycles. The molecule has 25 heavy (non-hydrogen) atoms. The van der Waals surface area contributed by atoms with Crippen molar-refractivity contribution in [3.63, 3.8) is 0 Å². The van der Waals surface area contributed by atoms with Crippen molar-refractivity contribution in [3.05, 3.63) is 79.1 Å². The number of rotatable bonds is 5. The van der Waals surface area contributed by atoms with E-state index in [0.717, 1.165) is 34.4 Å². The lowest BCUT2D eigenvalue weighted by Crippen LogP contribution is -1.99. The molecule has 0 bridgehead atoms. The zero-order chi connectivity index (χ0) is 17.1. The van der Waals surface area contributed by atoms with Gasteiger partial charge in [-0.3, -0.25) is 0 Å². The predicted molar refractivity (Wildman–Crippen MR) is 97.5 cm³/mol. The zero-order valence-corrected chi connectivity index (χ0v) is 13.7. The van der Waals surface area contributed by atoms with E-state index in [1.807, 2.05) is 77.5 Å². The zero-order valence-electron chi connectivity index (χ0n) is 13.7. The van der Waals surface area contributed by atoms with Crippen LogP contribution in [0.3, 0.4) is 0 Å². The molecule has 0 aliphatic carbocycles. The molecule has 1 N–H and O–H groups in total. The van der Waals surface area contributed by atoms with Gasteiger partial charge >= 0.3 is 0 Å². The second-order valence-electron chi connectivity index (χ2n) is 5.49. The third-order valence-electron chi connectivity index (χ3n) is 3.85. The minimum atomic E-state index is 0.736. The summed E-state index contributed by atoms with van der Waals surface area (Å²) in [5, 5.41) is 8.01. The van der Waals surface area contributed by atoms with Gasteiger partial charge < -0.3 is 14.5 Å². The molecule has 0 spiro atoms. The summed E-state index contributed by atoms with van der Waals surface area (Å²) in [5.41, 5.74) is 2.79. The van der Waals surface area contributed by atoms with Gasteiger partial charge in [0, 0.05) is 11.8 Å². The largest absolute Gasteiger partial charge is 0.497 e. The van der Waals surface area contributed by atoms with Crippen molar-refractivity contribution in [2.45, 2.75) is 0 Å². The fraction of sp³-hybridized carbons (Fsp3) is 0.0500. The lowest BCUT2D eigenvalue weighted by molar-refractivity contribution is 0.415. The van der Waals surface area contributed by atoms with E-state index in [1.165, 1.54) is 0 Å². The van der Waals surface area contributed by atoms with Gasteiger partial charge in [0.2, 0.25) is 0 Å². The first-order chi connectivity index (χ1) is 12.3. The van der Waals surface area contributed by atoms with Crippen LogP contribution >= 0.6 is 0 Å². The third-order valence-corrected chi connectivity index (χ3v) is 3.85. The van der Waals surface area contributed by atoms with Gasteiger partial charge in [-0.15, -0.1) is 5.10 Å². The fourth-order valence-corrected chi connectivity index (χ4v) is 2.63. The van der Waals surface area contributed by atoms with Crippen molar-refractivity contribution in [2.24, 2.45) is 0 Å². The lowest BCUT2D eigenvalue weighted by Gasteiger charge is -2.05. The van der Waals surface area contributed by atoms with Gasteiger partial charge in [0.15, 0.2) is 11.6 Å². The Bertz CT molecular complexity index is 943. The van der Waals surface area contributed by atoms with Crippen molar-refractivity contribution < 1.29 is 9.15 Å². The summed E-state index contributed by atoms with van der Waals surface area (Å²) in [6.45, 7) is 0. The average molecular weight is 331 g/mol. The van der Waals surface area contributed by atoms with E-state index >= 15 is 0 Å². The van der Waals surface area contributed by atoms with Crippen LogP contribution in [-0.4, -0.2) is 16.9 Å². The molecule has 4 aromatic rings. The molecule has 0 amide bonds. The molecule has 0 unspecified atom stereocenters. The molecular formula is C20H17N3O2. The van der Waals surface area contributed by atoms with Crippen LogP contribution in [-0.2, 0) is 0 Å². The van der Waals surface area contributed by atoms with Gasteiger partial charge in [-0.1, -0.05) is 18.2 Å². The van der Waals surface area contributed by atoms with Crippen LogP contribution in [0, 0.1) is 0 Å². The first-order valence-electron chi connectivity index (χ1n) is 7.94. The van der Waals surface area contributed by atoms with Crippen molar-refractivity contribution in [2.75, 3.05) is 12.4 Å². The number of anilines is 2. The standard InChI is InChI=1S/C20H17N3O2/c1-24-17-11-9-15(10-12-17)21-20-14-18(19-8-5-13-25-19)23(22-20)16-6-3-2-4-7-16/h2-14H,1H3,(H,21,22). The molecule has 0 saturated carbocycles. The lowest BCUT2D eigenvalue weighted by atomic mass is 10.2. The molecule has 0 fully saturated rings. The Hall–Kier alpha value is -3.47. The summed E-state index contributed by atoms with van der Waals surface area (Å²) in [5.74, 6) is 2.32. The van der Waals surface area contributed by atoms with Crippen LogP contribution in [0.2, 0.25) is 0 Å². The molecule has 0 atom stereocenters. The molecular weight excluding hydrogens is 314 g/mol. The average Bonchev–Trinajstić information content (AvgIpc) is 3.33. The number of furan rings is 1. The van der Waals surface area contributed by atoms with Crippen LogP contribution in [0.4, 0.5) is 11.5 Å². The number of nitrogens with one attached hydrogen (secondary N) is 1. The van der Waals surface area contributed by atoms with E-state index in [-0.39, 0.29) is 0 Å². The topological polar surface area (TPSA) is 52.2 Å². The molecule has 2 aromatic heterocycles. The quantitative estimate of drug-likeness (QED) is 0.566. The van der Waals surface area contributed by atoms with E-state index in [9.17, 15) is 0 Å². The van der Waals surface area contributed by atoms with Gasteiger partial charge in [-0.05, 0) is 48.5 Å². The molecule has 0 radical (unpaired) electrons. The first kappa shape index (κ1) is 15.1. The fourth-order valence-electron chi connectivity index (χ4n) is 2.63. The number of benzene rings is 2. The molecule has 124 valence electrons. The van der Waals surface area contributed by atoms with Crippen molar-refractivity contribution >= 4 is 11.5 Å². The van der Waals surface area contributed by atoms with Gasteiger partial charge in [0.25, 0.3) is 0 Å². The first-order valence-corrected chi connectivity index (χ1v) is 7.94. The molecule has 4 rings (SSSR count). The third kappa shape index (κ3) is 3.12. The van der Waals surface area contributed by atoms with Gasteiger partial charge in [0.05, 0.1) is 19.1 Å². The monoisotopic (exact) mass is 331 g/mol. The summed E-state index contributed by atoms with van der Waals surface area (Å²) >= 11 is 0. The molecule has 2 aromatic carbocycles. The number of ether oxygens (including phenoxy) is 1. The molecule has 0 saturated heterocycles. The predicted octanol–water partition coefficient (Wildman–Crippen LogP) is 4.88. The van der Waals surface area contributed by atoms with Gasteiger partial charge in [-0.25, -0.2) is 4.68 Å². The molecule has 5 heteroatoms. The summed E-state index contributed by atoms with van der Waals surface area (Å²) in [4.78, 5) is 0. The highest BCUT2D eigenvalue weighted by molar-refractivity contribution is 5.65. The van der Waals surface area contributed by atoms with Crippen molar-refractivity contribution in [1.29, 1.82) is 0 Å². The second-order valence-corrected chi connectivity index (χ2v) is 5.49. The van der Waals surface area contributed by atoms with E-state index in [1.54, 1.807) is 13.4 Å². The van der Waals surface area contributed by atoms with E-state index in [2.05, 4.69) is 10.4 Å². The minimum absolute atomic E-state index is 0.736. The van der Waals surface area contributed by atoms with Crippen molar-refractivity contribution in [1.82, 2.24) is 9.78 Å². The Balaban J connectivity index is 1.71. The van der Waals surface area contributed by atoms with Crippen LogP contribution in [0.5, 0.6) is 5.75 Å². The van der Waals surface area contributed by atoms with Gasteiger partial charge in [-0.2, -0.15) is 0 Å². The maximum Gasteiger partial charge on any atom is 0.153 e. The maximum atomic E-state index is 5.57. The Morgan fingerprint density at radius 2 is 1.76 bits per heavy atom. The number of methoxy groups -OCH3 is 1. The second kappa shape index (κ2) is 6.57. The Kier molecular flexibility index (Phi) is 3.96. The van der Waals surface area contributed by atoms with Crippen LogP contribution in [0.15, 0.2) is 83.5 Å². The number of aromatic nitrogens is 2. The highest BCUT2D eigenvalue weighted by atomic mass is 16.5. The Morgan fingerprint density at radius 3 is 2.44 bits per heavy atom. The smallest absolute Gasteiger partial charge is 0.153 e. The van der Waals surface area contributed by atoms with Crippen LogP contribution in [0.25, 0.3) is 17.1 Å². The number of nitrogens with zero attached hydrogens (tertiary/aromatic N) is 2. The molecule has 2 heterocycles. The Morgan fingerprint density at radius 1 is 0.960 bits per heavy atom. The van der Waals surface area contributed by atoms with Crippen LogP contribution in [0.1, 0.15) is 0 Å². The van der Waals surface area contributed by atoms with E-state index in [0.29, 0.717) is 0 Å². The van der Waals surface area contributed by atoms with Gasteiger partial charge in [0.1, 0.15) is 11.4 Å². The minimum Gasteiger partial charge on any atom is -0.497 e. The number of hydrogen-bond donors (Lipinski definition) is 1. The Labute approximate surface area is 145 Å². The van der Waals surface area contributed by atoms with Crippen molar-refractivity contribution in [3.8, 4) is 22.9 Å². The normalized spacial score (nSPS) is 10.6. The summed E-state index contributed by atoms with van der Waals surface area (Å²) in [6.07, 6.45) is 1.66. The van der Waals surface area contributed by atoms with Crippen LogP contribution < -0.4 is 10.1 Å². The molecule has 5 nitrogen and oxygen atoms in total. The highest BCUT2D eigenvalue weighted by Gasteiger charge is 2.14. The highest BCUT2D eigenvalue weighted by Crippen LogP contribution is 2.28. The SMILES string of the molecule is COc1ccc(Nc2cc(-c3ccco3)n(-c3ccccc3)n2)cc1. The maximum absolute atomic E-state index is 5.57. The summed E-state index contributed by atoms with van der Waals surface area (Å²) in [7, 11) is 1.65. The summed E-state index contributed by atoms with van der Waals surface area (Å²) in [6, 6.07) is 23.5. The summed E-state index contributed by atoms with van der Waals surface area (Å²) < 4.78 is 12.6. The van der Waals surface area contributed by atoms with E-state index < -0.39 is 0 Å². The number of para-hydroxylation sites is 1. The van der Waals surface area contributed by atoms with E-state index in [4.69, 9.17) is 9.15 Å².